The van der Waals surface area contributed by atoms with Gasteiger partial charge in [0.2, 0.25) is 0 Å². The fourth-order valence-electron chi connectivity index (χ4n) is 2.87. The van der Waals surface area contributed by atoms with E-state index in [4.69, 9.17) is 0 Å². The molecule has 0 radical (unpaired) electrons. The van der Waals surface area contributed by atoms with Crippen LogP contribution in [0.1, 0.15) is 45.5 Å². The summed E-state index contributed by atoms with van der Waals surface area (Å²) < 4.78 is 0. The summed E-state index contributed by atoms with van der Waals surface area (Å²) in [5, 5.41) is 6.14. The fourth-order valence-corrected chi connectivity index (χ4v) is 2.87. The Kier molecular flexibility index (Phi) is 5.96. The molecule has 0 spiro atoms. The summed E-state index contributed by atoms with van der Waals surface area (Å²) in [5.41, 5.74) is 2.33. The zero-order valence-electron chi connectivity index (χ0n) is 14.3. The van der Waals surface area contributed by atoms with Gasteiger partial charge in [0.25, 0.3) is 5.91 Å². The number of rotatable bonds is 8. The third-order valence-electron chi connectivity index (χ3n) is 4.71. The summed E-state index contributed by atoms with van der Waals surface area (Å²) >= 11 is 0. The lowest BCUT2D eigenvalue weighted by atomic mass is 9.85. The first-order valence-corrected chi connectivity index (χ1v) is 8.88. The van der Waals surface area contributed by atoms with Gasteiger partial charge in [0.1, 0.15) is 0 Å². The van der Waals surface area contributed by atoms with Gasteiger partial charge in [-0.1, -0.05) is 48.9 Å². The van der Waals surface area contributed by atoms with Crippen molar-refractivity contribution in [1.82, 2.24) is 10.6 Å². The van der Waals surface area contributed by atoms with Crippen LogP contribution in [0.4, 0.5) is 0 Å². The van der Waals surface area contributed by atoms with Crippen molar-refractivity contribution in [2.24, 2.45) is 5.92 Å². The van der Waals surface area contributed by atoms with Gasteiger partial charge in [-0.05, 0) is 43.0 Å². The van der Waals surface area contributed by atoms with E-state index in [1.807, 2.05) is 42.5 Å². The number of hydrogen-bond donors (Lipinski definition) is 2. The van der Waals surface area contributed by atoms with E-state index in [2.05, 4.69) is 10.6 Å². The Hall–Kier alpha value is -2.46. The van der Waals surface area contributed by atoms with E-state index in [0.717, 1.165) is 18.0 Å². The van der Waals surface area contributed by atoms with Gasteiger partial charge >= 0.3 is 0 Å². The number of carbonyl (C=O) groups excluding carboxylic acids is 2. The molecule has 1 fully saturated rings. The van der Waals surface area contributed by atoms with Crippen LogP contribution in [0.15, 0.2) is 54.6 Å². The average Bonchev–Trinajstić information content (AvgIpc) is 2.62. The number of amides is 1. The summed E-state index contributed by atoms with van der Waals surface area (Å²) in [5.74, 6) is 0.767. The molecule has 2 aromatic carbocycles. The smallest absolute Gasteiger partial charge is 0.251 e. The van der Waals surface area contributed by atoms with Crippen LogP contribution in [0, 0.1) is 5.92 Å². The first-order valence-electron chi connectivity index (χ1n) is 8.88. The van der Waals surface area contributed by atoms with Gasteiger partial charge in [-0.25, -0.2) is 0 Å². The molecular formula is C21H24N2O2. The highest BCUT2D eigenvalue weighted by atomic mass is 16.1. The molecule has 0 aliphatic heterocycles. The standard InChI is InChI=1S/C21H24N2O2/c24-20(15-22-13-16-5-4-6-16)18-11-9-17(10-12-18)14-23-21(25)19-7-2-1-3-8-19/h1-3,7-12,16,22H,4-6,13-15H2,(H,23,25). The minimum absolute atomic E-state index is 0.0963. The van der Waals surface area contributed by atoms with E-state index in [9.17, 15) is 9.59 Å². The molecule has 1 aliphatic carbocycles. The van der Waals surface area contributed by atoms with Crippen LogP contribution in [0.3, 0.4) is 0 Å². The molecular weight excluding hydrogens is 312 g/mol. The molecule has 3 rings (SSSR count). The van der Waals surface area contributed by atoms with Crippen molar-refractivity contribution in [2.75, 3.05) is 13.1 Å². The lowest BCUT2D eigenvalue weighted by molar-refractivity contribution is 0.0949. The van der Waals surface area contributed by atoms with Crippen LogP contribution < -0.4 is 10.6 Å². The zero-order chi connectivity index (χ0) is 17.5. The molecule has 0 unspecified atom stereocenters. The topological polar surface area (TPSA) is 58.2 Å². The van der Waals surface area contributed by atoms with Gasteiger partial charge in [0.15, 0.2) is 5.78 Å². The van der Waals surface area contributed by atoms with Crippen molar-refractivity contribution in [1.29, 1.82) is 0 Å². The Morgan fingerprint density at radius 1 is 0.920 bits per heavy atom. The number of Topliss-reactive ketones (excluding diaryl/α,β-unsaturated/α-hetero) is 1. The second-order valence-corrected chi connectivity index (χ2v) is 6.60. The van der Waals surface area contributed by atoms with Crippen LogP contribution in [0.25, 0.3) is 0 Å². The Labute approximate surface area is 148 Å². The molecule has 0 bridgehead atoms. The van der Waals surface area contributed by atoms with Crippen molar-refractivity contribution >= 4 is 11.7 Å². The van der Waals surface area contributed by atoms with E-state index in [1.54, 1.807) is 12.1 Å². The quantitative estimate of drug-likeness (QED) is 0.728. The van der Waals surface area contributed by atoms with Crippen LogP contribution in [-0.2, 0) is 6.54 Å². The fraction of sp³-hybridized carbons (Fsp3) is 0.333. The second-order valence-electron chi connectivity index (χ2n) is 6.60. The van der Waals surface area contributed by atoms with Gasteiger partial charge in [0.05, 0.1) is 6.54 Å². The molecule has 130 valence electrons. The maximum Gasteiger partial charge on any atom is 0.251 e. The summed E-state index contributed by atoms with van der Waals surface area (Å²) in [6, 6.07) is 16.6. The van der Waals surface area contributed by atoms with Gasteiger partial charge in [0, 0.05) is 17.7 Å². The largest absolute Gasteiger partial charge is 0.348 e. The molecule has 4 heteroatoms. The highest BCUT2D eigenvalue weighted by molar-refractivity contribution is 5.97. The van der Waals surface area contributed by atoms with Crippen molar-refractivity contribution in [3.8, 4) is 0 Å². The number of carbonyl (C=O) groups is 2. The Balaban J connectivity index is 1.44. The molecule has 4 nitrogen and oxygen atoms in total. The highest BCUT2D eigenvalue weighted by Gasteiger charge is 2.17. The number of nitrogens with one attached hydrogen (secondary N) is 2. The third-order valence-corrected chi connectivity index (χ3v) is 4.71. The third kappa shape index (κ3) is 5.00. The van der Waals surface area contributed by atoms with Crippen LogP contribution in [0.5, 0.6) is 0 Å². The van der Waals surface area contributed by atoms with Crippen LogP contribution in [-0.4, -0.2) is 24.8 Å². The predicted molar refractivity (Wildman–Crippen MR) is 98.6 cm³/mol. The molecule has 0 aromatic heterocycles. The van der Waals surface area contributed by atoms with Gasteiger partial charge < -0.3 is 10.6 Å². The van der Waals surface area contributed by atoms with Gasteiger partial charge in [-0.15, -0.1) is 0 Å². The highest BCUT2D eigenvalue weighted by Crippen LogP contribution is 2.25. The molecule has 2 aromatic rings. The van der Waals surface area contributed by atoms with Crippen molar-refractivity contribution in [2.45, 2.75) is 25.8 Å². The zero-order valence-corrected chi connectivity index (χ0v) is 14.3. The molecule has 0 heterocycles. The molecule has 2 N–H and O–H groups in total. The predicted octanol–water partition coefficient (Wildman–Crippen LogP) is 3.19. The van der Waals surface area contributed by atoms with Crippen molar-refractivity contribution in [3.05, 3.63) is 71.3 Å². The molecule has 0 saturated heterocycles. The maximum atomic E-state index is 12.2. The first-order chi connectivity index (χ1) is 12.2. The van der Waals surface area contributed by atoms with Crippen LogP contribution >= 0.6 is 0 Å². The van der Waals surface area contributed by atoms with E-state index in [-0.39, 0.29) is 11.7 Å². The van der Waals surface area contributed by atoms with Crippen molar-refractivity contribution in [3.63, 3.8) is 0 Å². The molecule has 25 heavy (non-hydrogen) atoms. The Morgan fingerprint density at radius 3 is 2.28 bits per heavy atom. The van der Waals surface area contributed by atoms with Gasteiger partial charge in [-0.2, -0.15) is 0 Å². The monoisotopic (exact) mass is 336 g/mol. The molecule has 1 saturated carbocycles. The maximum absolute atomic E-state index is 12.2. The number of ketones is 1. The number of benzene rings is 2. The number of hydrogen-bond acceptors (Lipinski definition) is 3. The normalized spacial score (nSPS) is 13.9. The minimum atomic E-state index is -0.0963. The lowest BCUT2D eigenvalue weighted by Crippen LogP contribution is -2.31. The Morgan fingerprint density at radius 2 is 1.64 bits per heavy atom. The van der Waals surface area contributed by atoms with E-state index in [0.29, 0.717) is 24.2 Å². The minimum Gasteiger partial charge on any atom is -0.348 e. The Bertz CT molecular complexity index is 706. The molecule has 1 amide bonds. The summed E-state index contributed by atoms with van der Waals surface area (Å²) in [6.45, 7) is 1.78. The van der Waals surface area contributed by atoms with Crippen LogP contribution in [0.2, 0.25) is 0 Å². The lowest BCUT2D eigenvalue weighted by Gasteiger charge is -2.25. The van der Waals surface area contributed by atoms with E-state index >= 15 is 0 Å². The van der Waals surface area contributed by atoms with Crippen molar-refractivity contribution < 1.29 is 9.59 Å². The SMILES string of the molecule is O=C(CNCC1CCC1)c1ccc(CNC(=O)c2ccccc2)cc1. The van der Waals surface area contributed by atoms with E-state index < -0.39 is 0 Å². The summed E-state index contributed by atoms with van der Waals surface area (Å²) in [4.78, 5) is 24.2. The molecule has 0 atom stereocenters. The summed E-state index contributed by atoms with van der Waals surface area (Å²) in [7, 11) is 0. The first kappa shape index (κ1) is 17.4. The summed E-state index contributed by atoms with van der Waals surface area (Å²) in [6.07, 6.45) is 3.89. The van der Waals surface area contributed by atoms with E-state index in [1.165, 1.54) is 19.3 Å². The average molecular weight is 336 g/mol. The molecule has 1 aliphatic rings. The van der Waals surface area contributed by atoms with Gasteiger partial charge in [-0.3, -0.25) is 9.59 Å². The second kappa shape index (κ2) is 8.58.